The molecule has 0 heterocycles. The lowest BCUT2D eigenvalue weighted by Gasteiger charge is -2.27. The van der Waals surface area contributed by atoms with Crippen molar-refractivity contribution in [1.82, 2.24) is 5.32 Å². The van der Waals surface area contributed by atoms with Gasteiger partial charge in [0, 0.05) is 12.8 Å². The van der Waals surface area contributed by atoms with Gasteiger partial charge in [-0.3, -0.25) is 4.79 Å². The summed E-state index contributed by atoms with van der Waals surface area (Å²) in [6, 6.07) is 0. The summed E-state index contributed by atoms with van der Waals surface area (Å²) in [6.45, 7) is 6.04. The lowest BCUT2D eigenvalue weighted by atomic mass is 9.93. The molecule has 22 heavy (non-hydrogen) atoms. The monoisotopic (exact) mass is 305 g/mol. The van der Waals surface area contributed by atoms with Crippen LogP contribution in [-0.4, -0.2) is 26.2 Å². The summed E-state index contributed by atoms with van der Waals surface area (Å²) < 4.78 is 10.7. The van der Waals surface area contributed by atoms with E-state index >= 15 is 0 Å². The van der Waals surface area contributed by atoms with Crippen LogP contribution >= 0.6 is 0 Å². The van der Waals surface area contributed by atoms with E-state index < -0.39 is 5.92 Å². The SMILES string of the molecule is CC.COC1=CC=CC(OC)C1C(=O)NC1=C(C)CCC=C1. The molecule has 0 radical (unpaired) electrons. The second kappa shape index (κ2) is 9.26. The van der Waals surface area contributed by atoms with Crippen LogP contribution in [-0.2, 0) is 14.3 Å². The van der Waals surface area contributed by atoms with Crippen LogP contribution in [0.25, 0.3) is 0 Å². The van der Waals surface area contributed by atoms with Crippen LogP contribution in [0.15, 0.2) is 47.4 Å². The molecule has 2 unspecified atom stereocenters. The summed E-state index contributed by atoms with van der Waals surface area (Å²) in [5, 5.41) is 2.99. The van der Waals surface area contributed by atoms with E-state index in [9.17, 15) is 4.79 Å². The molecule has 0 fully saturated rings. The van der Waals surface area contributed by atoms with Crippen molar-refractivity contribution in [2.24, 2.45) is 5.92 Å². The molecule has 2 rings (SSSR count). The Hall–Kier alpha value is -1.81. The number of amides is 1. The standard InChI is InChI=1S/C16H21NO3.C2H6/c1-11-7-4-5-8-12(11)17-16(18)15-13(19-2)9-6-10-14(15)20-3;1-2/h5-6,8-10,13,15H,4,7H2,1-3H3,(H,17,18);1-2H3. The Bertz CT molecular complexity index is 500. The van der Waals surface area contributed by atoms with Gasteiger partial charge in [-0.15, -0.1) is 0 Å². The van der Waals surface area contributed by atoms with E-state index in [0.29, 0.717) is 5.76 Å². The van der Waals surface area contributed by atoms with E-state index in [1.165, 1.54) is 5.57 Å². The normalized spacial score (nSPS) is 23.4. The molecule has 4 heteroatoms. The first-order valence-electron chi connectivity index (χ1n) is 7.79. The van der Waals surface area contributed by atoms with Gasteiger partial charge < -0.3 is 14.8 Å². The van der Waals surface area contributed by atoms with Crippen molar-refractivity contribution in [3.63, 3.8) is 0 Å². The highest BCUT2D eigenvalue weighted by molar-refractivity contribution is 5.84. The smallest absolute Gasteiger partial charge is 0.238 e. The molecule has 0 aromatic heterocycles. The number of hydrogen-bond donors (Lipinski definition) is 1. The minimum absolute atomic E-state index is 0.102. The molecule has 0 spiro atoms. The van der Waals surface area contributed by atoms with Crippen molar-refractivity contribution in [1.29, 1.82) is 0 Å². The van der Waals surface area contributed by atoms with Crippen molar-refractivity contribution in [2.45, 2.75) is 39.7 Å². The van der Waals surface area contributed by atoms with Gasteiger partial charge in [0.25, 0.3) is 0 Å². The van der Waals surface area contributed by atoms with Crippen LogP contribution in [0.3, 0.4) is 0 Å². The van der Waals surface area contributed by atoms with Gasteiger partial charge in [0.05, 0.1) is 13.2 Å². The average molecular weight is 305 g/mol. The van der Waals surface area contributed by atoms with Crippen molar-refractivity contribution in [2.75, 3.05) is 14.2 Å². The molecule has 4 nitrogen and oxygen atoms in total. The predicted molar refractivity (Wildman–Crippen MR) is 89.1 cm³/mol. The quantitative estimate of drug-likeness (QED) is 0.865. The van der Waals surface area contributed by atoms with Gasteiger partial charge in [-0.1, -0.05) is 32.1 Å². The van der Waals surface area contributed by atoms with E-state index in [1.54, 1.807) is 20.3 Å². The zero-order valence-electron chi connectivity index (χ0n) is 14.2. The summed E-state index contributed by atoms with van der Waals surface area (Å²) in [6.07, 6.45) is 11.3. The third kappa shape index (κ3) is 4.34. The highest BCUT2D eigenvalue weighted by Gasteiger charge is 2.33. The highest BCUT2D eigenvalue weighted by atomic mass is 16.5. The summed E-state index contributed by atoms with van der Waals surface area (Å²) in [5.74, 6) is 0.0655. The summed E-state index contributed by atoms with van der Waals surface area (Å²) in [5.41, 5.74) is 2.09. The van der Waals surface area contributed by atoms with Gasteiger partial charge in [-0.05, 0) is 37.5 Å². The highest BCUT2D eigenvalue weighted by Crippen LogP contribution is 2.25. The summed E-state index contributed by atoms with van der Waals surface area (Å²) in [4.78, 5) is 12.5. The van der Waals surface area contributed by atoms with Gasteiger partial charge in [-0.25, -0.2) is 0 Å². The third-order valence-corrected chi connectivity index (χ3v) is 3.67. The van der Waals surface area contributed by atoms with Crippen molar-refractivity contribution < 1.29 is 14.3 Å². The minimum atomic E-state index is -0.453. The van der Waals surface area contributed by atoms with Crippen LogP contribution in [0.2, 0.25) is 0 Å². The number of carbonyl (C=O) groups is 1. The Balaban J connectivity index is 0.00000116. The fourth-order valence-electron chi connectivity index (χ4n) is 2.46. The van der Waals surface area contributed by atoms with E-state index in [1.807, 2.05) is 39.0 Å². The first kappa shape index (κ1) is 18.2. The lowest BCUT2D eigenvalue weighted by molar-refractivity contribution is -0.127. The van der Waals surface area contributed by atoms with Gasteiger partial charge in [0.2, 0.25) is 5.91 Å². The number of hydrogen-bond acceptors (Lipinski definition) is 3. The van der Waals surface area contributed by atoms with E-state index in [0.717, 1.165) is 18.5 Å². The Morgan fingerprint density at radius 1 is 1.32 bits per heavy atom. The average Bonchev–Trinajstić information content (AvgIpc) is 2.57. The summed E-state index contributed by atoms with van der Waals surface area (Å²) in [7, 11) is 3.17. The van der Waals surface area contributed by atoms with Crippen molar-refractivity contribution in [3.8, 4) is 0 Å². The maximum atomic E-state index is 12.5. The van der Waals surface area contributed by atoms with Crippen molar-refractivity contribution in [3.05, 3.63) is 47.4 Å². The molecule has 2 aliphatic rings. The fraction of sp³-hybridized carbons (Fsp3) is 0.500. The fourth-order valence-corrected chi connectivity index (χ4v) is 2.46. The molecule has 2 aliphatic carbocycles. The predicted octanol–water partition coefficient (Wildman–Crippen LogP) is 3.48. The molecule has 1 amide bonds. The van der Waals surface area contributed by atoms with E-state index in [4.69, 9.17) is 9.47 Å². The molecule has 0 saturated carbocycles. The van der Waals surface area contributed by atoms with Crippen LogP contribution in [0.1, 0.15) is 33.6 Å². The van der Waals surface area contributed by atoms with Crippen LogP contribution < -0.4 is 5.32 Å². The van der Waals surface area contributed by atoms with Gasteiger partial charge >= 0.3 is 0 Å². The van der Waals surface area contributed by atoms with Gasteiger partial charge in [-0.2, -0.15) is 0 Å². The Kier molecular flexibility index (Phi) is 7.67. The molecule has 0 aliphatic heterocycles. The van der Waals surface area contributed by atoms with Crippen LogP contribution in [0.4, 0.5) is 0 Å². The van der Waals surface area contributed by atoms with Gasteiger partial charge in [0.15, 0.2) is 0 Å². The number of methoxy groups -OCH3 is 2. The molecule has 0 bridgehead atoms. The number of carbonyl (C=O) groups excluding carboxylic acids is 1. The third-order valence-electron chi connectivity index (χ3n) is 3.67. The number of allylic oxidation sites excluding steroid dienone is 5. The first-order valence-corrected chi connectivity index (χ1v) is 7.79. The Labute approximate surface area is 133 Å². The maximum absolute atomic E-state index is 12.5. The lowest BCUT2D eigenvalue weighted by Crippen LogP contribution is -2.40. The minimum Gasteiger partial charge on any atom is -0.500 e. The van der Waals surface area contributed by atoms with Crippen molar-refractivity contribution >= 4 is 5.91 Å². The largest absolute Gasteiger partial charge is 0.500 e. The Morgan fingerprint density at radius 2 is 2.05 bits per heavy atom. The van der Waals surface area contributed by atoms with Crippen LogP contribution in [0, 0.1) is 5.92 Å². The molecular weight excluding hydrogens is 278 g/mol. The second-order valence-corrected chi connectivity index (χ2v) is 4.96. The Morgan fingerprint density at radius 3 is 2.64 bits per heavy atom. The zero-order chi connectivity index (χ0) is 16.5. The summed E-state index contributed by atoms with van der Waals surface area (Å²) >= 11 is 0. The van der Waals surface area contributed by atoms with Gasteiger partial charge in [0.1, 0.15) is 11.7 Å². The topological polar surface area (TPSA) is 47.6 Å². The zero-order valence-corrected chi connectivity index (χ0v) is 14.2. The molecule has 0 saturated heterocycles. The van der Waals surface area contributed by atoms with E-state index in [-0.39, 0.29) is 12.0 Å². The molecule has 2 atom stereocenters. The molecule has 122 valence electrons. The molecule has 1 N–H and O–H groups in total. The number of ether oxygens (including phenoxy) is 2. The van der Waals surface area contributed by atoms with E-state index in [2.05, 4.69) is 11.4 Å². The molecule has 0 aromatic rings. The first-order chi connectivity index (χ1) is 10.7. The second-order valence-electron chi connectivity index (χ2n) is 4.96. The number of nitrogens with one attached hydrogen (secondary N) is 1. The number of rotatable bonds is 4. The molecule has 0 aromatic carbocycles. The maximum Gasteiger partial charge on any atom is 0.238 e. The van der Waals surface area contributed by atoms with Crippen LogP contribution in [0.5, 0.6) is 0 Å². The molecular formula is C18H27NO3.